The second-order valence-corrected chi connectivity index (χ2v) is 3.92. The fourth-order valence-corrected chi connectivity index (χ4v) is 1.99. The van der Waals surface area contributed by atoms with Crippen LogP contribution in [0.3, 0.4) is 0 Å². The molecule has 0 fully saturated rings. The van der Waals surface area contributed by atoms with E-state index in [4.69, 9.17) is 0 Å². The van der Waals surface area contributed by atoms with Crippen molar-refractivity contribution in [2.75, 3.05) is 0 Å². The van der Waals surface area contributed by atoms with E-state index in [0.29, 0.717) is 4.47 Å². The molecule has 0 aliphatic heterocycles. The van der Waals surface area contributed by atoms with E-state index in [0.717, 1.165) is 3.57 Å². The lowest BCUT2D eigenvalue weighted by atomic mass is 10.4. The van der Waals surface area contributed by atoms with Crippen molar-refractivity contribution in [3.05, 3.63) is 26.0 Å². The summed E-state index contributed by atoms with van der Waals surface area (Å²) in [7, 11) is 0. The number of pyridine rings is 1. The first kappa shape index (κ1) is 9.31. The normalized spacial score (nSPS) is 10.6. The van der Waals surface area contributed by atoms with Crippen molar-refractivity contribution in [2.45, 2.75) is 6.43 Å². The predicted octanol–water partition coefficient (Wildman–Crippen LogP) is 3.39. The Morgan fingerprint density at radius 3 is 2.64 bits per heavy atom. The Morgan fingerprint density at radius 2 is 2.18 bits per heavy atom. The molecule has 5 heteroatoms. The Morgan fingerprint density at radius 1 is 1.55 bits per heavy atom. The zero-order chi connectivity index (χ0) is 8.43. The van der Waals surface area contributed by atoms with Crippen molar-refractivity contribution in [1.82, 2.24) is 4.98 Å². The average molecular weight is 334 g/mol. The molecule has 0 aliphatic rings. The smallest absolute Gasteiger partial charge is 0.253 e. The maximum atomic E-state index is 12.1. The van der Waals surface area contributed by atoms with E-state index in [1.165, 1.54) is 6.20 Å². The van der Waals surface area contributed by atoms with E-state index in [1.807, 2.05) is 22.6 Å². The number of aromatic nitrogens is 1. The lowest BCUT2D eigenvalue weighted by Crippen LogP contribution is -1.91. The van der Waals surface area contributed by atoms with Crippen LogP contribution in [0, 0.1) is 3.57 Å². The van der Waals surface area contributed by atoms with Gasteiger partial charge in [0.2, 0.25) is 0 Å². The highest BCUT2D eigenvalue weighted by Gasteiger charge is 2.12. The van der Waals surface area contributed by atoms with Gasteiger partial charge in [0.25, 0.3) is 6.43 Å². The molecule has 0 radical (unpaired) electrons. The summed E-state index contributed by atoms with van der Waals surface area (Å²) in [6, 6.07) is 1.61. The third-order valence-corrected chi connectivity index (χ3v) is 2.27. The number of hydrogen-bond donors (Lipinski definition) is 0. The molecule has 1 aromatic rings. The van der Waals surface area contributed by atoms with Gasteiger partial charge in [-0.05, 0) is 44.6 Å². The van der Waals surface area contributed by atoms with Crippen LogP contribution in [0.2, 0.25) is 0 Å². The number of rotatable bonds is 1. The standard InChI is InChI=1S/C6H3BrF2IN/c7-4-1-3(10)2-11-5(4)6(8)9/h1-2,6H. The fraction of sp³-hybridized carbons (Fsp3) is 0.167. The van der Waals surface area contributed by atoms with Gasteiger partial charge in [0.05, 0.1) is 0 Å². The molecule has 0 unspecified atom stereocenters. The monoisotopic (exact) mass is 333 g/mol. The van der Waals surface area contributed by atoms with Crippen LogP contribution in [0.1, 0.15) is 12.1 Å². The highest BCUT2D eigenvalue weighted by molar-refractivity contribution is 14.1. The van der Waals surface area contributed by atoms with Crippen LogP contribution in [0.5, 0.6) is 0 Å². The van der Waals surface area contributed by atoms with Crippen LogP contribution in [-0.4, -0.2) is 4.98 Å². The third kappa shape index (κ3) is 2.33. The Labute approximate surface area is 84.5 Å². The van der Waals surface area contributed by atoms with Crippen molar-refractivity contribution in [2.24, 2.45) is 0 Å². The molecule has 1 heterocycles. The molecule has 1 aromatic heterocycles. The SMILES string of the molecule is FC(F)c1ncc(I)cc1Br. The van der Waals surface area contributed by atoms with E-state index in [-0.39, 0.29) is 5.69 Å². The summed E-state index contributed by atoms with van der Waals surface area (Å²) in [5.41, 5.74) is -0.203. The number of alkyl halides is 2. The van der Waals surface area contributed by atoms with Crippen LogP contribution in [0.25, 0.3) is 0 Å². The second kappa shape index (κ2) is 3.75. The molecule has 60 valence electrons. The molecule has 0 saturated carbocycles. The van der Waals surface area contributed by atoms with E-state index in [2.05, 4.69) is 20.9 Å². The minimum Gasteiger partial charge on any atom is -0.253 e. The quantitative estimate of drug-likeness (QED) is 0.718. The van der Waals surface area contributed by atoms with E-state index >= 15 is 0 Å². The molecule has 11 heavy (non-hydrogen) atoms. The molecule has 0 spiro atoms. The first-order chi connectivity index (χ1) is 5.11. The largest absolute Gasteiger partial charge is 0.281 e. The van der Waals surface area contributed by atoms with Gasteiger partial charge >= 0.3 is 0 Å². The van der Waals surface area contributed by atoms with Gasteiger partial charge in [-0.25, -0.2) is 8.78 Å². The summed E-state index contributed by atoms with van der Waals surface area (Å²) in [6.07, 6.45) is -1.10. The highest BCUT2D eigenvalue weighted by atomic mass is 127. The van der Waals surface area contributed by atoms with Crippen molar-refractivity contribution in [3.8, 4) is 0 Å². The van der Waals surface area contributed by atoms with E-state index in [1.54, 1.807) is 6.07 Å². The summed E-state index contributed by atoms with van der Waals surface area (Å²) < 4.78 is 25.3. The van der Waals surface area contributed by atoms with Crippen LogP contribution < -0.4 is 0 Å². The van der Waals surface area contributed by atoms with Gasteiger partial charge in [-0.15, -0.1) is 0 Å². The summed E-state index contributed by atoms with van der Waals surface area (Å²) in [4.78, 5) is 3.57. The summed E-state index contributed by atoms with van der Waals surface area (Å²) >= 11 is 5.01. The number of nitrogens with zero attached hydrogens (tertiary/aromatic N) is 1. The topological polar surface area (TPSA) is 12.9 Å². The van der Waals surface area contributed by atoms with E-state index in [9.17, 15) is 8.78 Å². The van der Waals surface area contributed by atoms with Gasteiger partial charge in [0, 0.05) is 14.2 Å². The third-order valence-electron chi connectivity index (χ3n) is 1.04. The minimum absolute atomic E-state index is 0.203. The zero-order valence-corrected chi connectivity index (χ0v) is 8.93. The Balaban J connectivity index is 3.09. The van der Waals surface area contributed by atoms with Gasteiger partial charge in [-0.2, -0.15) is 0 Å². The molecule has 1 rings (SSSR count). The van der Waals surface area contributed by atoms with Crippen LogP contribution in [0.15, 0.2) is 16.7 Å². The van der Waals surface area contributed by atoms with Crippen LogP contribution in [-0.2, 0) is 0 Å². The molecular formula is C6H3BrF2IN. The minimum atomic E-state index is -2.51. The highest BCUT2D eigenvalue weighted by Crippen LogP contribution is 2.25. The lowest BCUT2D eigenvalue weighted by molar-refractivity contribution is 0.145. The first-order valence-electron chi connectivity index (χ1n) is 2.70. The fourth-order valence-electron chi connectivity index (χ4n) is 0.586. The van der Waals surface area contributed by atoms with Crippen molar-refractivity contribution >= 4 is 38.5 Å². The Kier molecular flexibility index (Phi) is 3.17. The molecule has 0 aliphatic carbocycles. The summed E-state index contributed by atoms with van der Waals surface area (Å²) in [5, 5.41) is 0. The maximum Gasteiger partial charge on any atom is 0.281 e. The Hall–Kier alpha value is 0.220. The van der Waals surface area contributed by atoms with Gasteiger partial charge < -0.3 is 0 Å². The van der Waals surface area contributed by atoms with Crippen molar-refractivity contribution in [1.29, 1.82) is 0 Å². The zero-order valence-electron chi connectivity index (χ0n) is 5.19. The van der Waals surface area contributed by atoms with Crippen molar-refractivity contribution in [3.63, 3.8) is 0 Å². The lowest BCUT2D eigenvalue weighted by Gasteiger charge is -2.00. The van der Waals surface area contributed by atoms with Crippen LogP contribution in [0.4, 0.5) is 8.78 Å². The summed E-state index contributed by atoms with van der Waals surface area (Å²) in [5.74, 6) is 0. The average Bonchev–Trinajstić information content (AvgIpc) is 1.85. The summed E-state index contributed by atoms with van der Waals surface area (Å²) in [6.45, 7) is 0. The van der Waals surface area contributed by atoms with E-state index < -0.39 is 6.43 Å². The molecule has 0 N–H and O–H groups in total. The van der Waals surface area contributed by atoms with Gasteiger partial charge in [-0.3, -0.25) is 4.98 Å². The first-order valence-corrected chi connectivity index (χ1v) is 4.57. The molecule has 0 saturated heterocycles. The van der Waals surface area contributed by atoms with Gasteiger partial charge in [-0.1, -0.05) is 0 Å². The molecule has 0 atom stereocenters. The van der Waals surface area contributed by atoms with Gasteiger partial charge in [0.15, 0.2) is 0 Å². The Bertz CT molecular complexity index is 267. The maximum absolute atomic E-state index is 12.1. The number of halogens is 4. The number of hydrogen-bond acceptors (Lipinski definition) is 1. The second-order valence-electron chi connectivity index (χ2n) is 1.82. The predicted molar refractivity (Wildman–Crippen MR) is 49.6 cm³/mol. The molecule has 1 nitrogen and oxygen atoms in total. The van der Waals surface area contributed by atoms with Crippen LogP contribution >= 0.6 is 38.5 Å². The molecule has 0 aromatic carbocycles. The van der Waals surface area contributed by atoms with Gasteiger partial charge in [0.1, 0.15) is 5.69 Å². The molecular weight excluding hydrogens is 331 g/mol. The van der Waals surface area contributed by atoms with Crippen molar-refractivity contribution < 1.29 is 8.78 Å². The molecule has 0 bridgehead atoms. The molecule has 0 amide bonds.